The molecule has 0 heterocycles. The summed E-state index contributed by atoms with van der Waals surface area (Å²) in [5, 5.41) is 0. The maximum atomic E-state index is 4.25. The van der Waals surface area contributed by atoms with Gasteiger partial charge in [0.25, 0.3) is 0 Å². The fourth-order valence-corrected chi connectivity index (χ4v) is 2.70. The van der Waals surface area contributed by atoms with Crippen molar-refractivity contribution >= 4 is 6.21 Å². The lowest BCUT2D eigenvalue weighted by Gasteiger charge is -2.03. The van der Waals surface area contributed by atoms with E-state index in [4.69, 9.17) is 0 Å². The van der Waals surface area contributed by atoms with Gasteiger partial charge in [-0.05, 0) is 19.6 Å². The van der Waals surface area contributed by atoms with E-state index in [1.54, 1.807) is 0 Å². The summed E-state index contributed by atoms with van der Waals surface area (Å²) in [4.78, 5) is 4.25. The smallest absolute Gasteiger partial charge is 0.0385 e. The second kappa shape index (κ2) is 18.7. The minimum Gasteiger partial charge on any atom is -0.298 e. The molecule has 0 radical (unpaired) electrons. The molecule has 0 atom stereocenters. The Hall–Kier alpha value is -0.330. The first-order valence-corrected chi connectivity index (χ1v) is 9.36. The average molecular weight is 282 g/mol. The minimum absolute atomic E-state index is 1.04. The first-order valence-electron chi connectivity index (χ1n) is 9.36. The Morgan fingerprint density at radius 2 is 0.900 bits per heavy atom. The van der Waals surface area contributed by atoms with Crippen LogP contribution in [-0.4, -0.2) is 12.8 Å². The van der Waals surface area contributed by atoms with Crippen LogP contribution >= 0.6 is 0 Å². The van der Waals surface area contributed by atoms with Gasteiger partial charge in [-0.25, -0.2) is 0 Å². The normalized spacial score (nSPS) is 11.5. The van der Waals surface area contributed by atoms with E-state index in [0.717, 1.165) is 6.54 Å². The van der Waals surface area contributed by atoms with Gasteiger partial charge in [0.2, 0.25) is 0 Å². The highest BCUT2D eigenvalue weighted by molar-refractivity contribution is 5.53. The Bertz CT molecular complexity index is 186. The summed E-state index contributed by atoms with van der Waals surface area (Å²) in [5.74, 6) is 0. The molecule has 0 unspecified atom stereocenters. The molecular formula is C19H39N. The maximum Gasteiger partial charge on any atom is 0.0385 e. The molecule has 1 nitrogen and oxygen atoms in total. The summed E-state index contributed by atoms with van der Waals surface area (Å²) >= 11 is 0. The Kier molecular flexibility index (Phi) is 18.4. The van der Waals surface area contributed by atoms with Gasteiger partial charge in [-0.2, -0.15) is 0 Å². The number of hydrogen-bond acceptors (Lipinski definition) is 1. The fraction of sp³-hybridized carbons (Fsp3) is 0.947. The molecule has 20 heavy (non-hydrogen) atoms. The zero-order chi connectivity index (χ0) is 14.7. The van der Waals surface area contributed by atoms with Crippen molar-refractivity contribution in [2.24, 2.45) is 4.99 Å². The molecule has 1 heteroatoms. The lowest BCUT2D eigenvalue weighted by atomic mass is 10.0. The van der Waals surface area contributed by atoms with Crippen molar-refractivity contribution in [1.29, 1.82) is 0 Å². The molecule has 0 aromatic rings. The number of rotatable bonds is 16. The van der Waals surface area contributed by atoms with E-state index in [1.807, 2.05) is 13.1 Å². The molecule has 0 aliphatic heterocycles. The van der Waals surface area contributed by atoms with Gasteiger partial charge in [0.15, 0.2) is 0 Å². The van der Waals surface area contributed by atoms with Crippen molar-refractivity contribution in [3.63, 3.8) is 0 Å². The van der Waals surface area contributed by atoms with Crippen molar-refractivity contribution < 1.29 is 0 Å². The molecule has 0 aliphatic rings. The summed E-state index contributed by atoms with van der Waals surface area (Å²) in [6.45, 7) is 5.33. The molecule has 0 bridgehead atoms. The van der Waals surface area contributed by atoms with Gasteiger partial charge >= 0.3 is 0 Å². The molecule has 120 valence electrons. The predicted octanol–water partition coefficient (Wildman–Crippen LogP) is 6.95. The Balaban J connectivity index is 2.92. The van der Waals surface area contributed by atoms with E-state index in [1.165, 1.54) is 96.3 Å². The van der Waals surface area contributed by atoms with Crippen LogP contribution in [0.5, 0.6) is 0 Å². The van der Waals surface area contributed by atoms with Crippen molar-refractivity contribution in [2.45, 2.75) is 110 Å². The standard InChI is InChI=1S/C19H39N/c1-3-5-6-7-8-9-10-11-12-13-14-15-16-17-18-19-20-4-2/h4H,3,5-19H2,1-2H3. The summed E-state index contributed by atoms with van der Waals surface area (Å²) in [5.41, 5.74) is 0. The van der Waals surface area contributed by atoms with Crippen molar-refractivity contribution in [3.8, 4) is 0 Å². The molecule has 0 N–H and O–H groups in total. The van der Waals surface area contributed by atoms with Gasteiger partial charge in [-0.3, -0.25) is 4.99 Å². The zero-order valence-corrected chi connectivity index (χ0v) is 14.3. The Morgan fingerprint density at radius 3 is 1.25 bits per heavy atom. The fourth-order valence-electron chi connectivity index (χ4n) is 2.70. The topological polar surface area (TPSA) is 12.4 Å². The first kappa shape index (κ1) is 19.7. The number of nitrogens with zero attached hydrogens (tertiary/aromatic N) is 1. The van der Waals surface area contributed by atoms with Gasteiger partial charge in [-0.1, -0.05) is 96.8 Å². The molecule has 0 aromatic heterocycles. The molecule has 0 spiro atoms. The van der Waals surface area contributed by atoms with Crippen LogP contribution in [0.15, 0.2) is 4.99 Å². The SMILES string of the molecule is CC=NCCCCCCCCCCCCCCCCC. The van der Waals surface area contributed by atoms with E-state index in [2.05, 4.69) is 11.9 Å². The van der Waals surface area contributed by atoms with Gasteiger partial charge < -0.3 is 0 Å². The lowest BCUT2D eigenvalue weighted by molar-refractivity contribution is 0.533. The largest absolute Gasteiger partial charge is 0.298 e. The second-order valence-corrected chi connectivity index (χ2v) is 6.11. The van der Waals surface area contributed by atoms with E-state index >= 15 is 0 Å². The van der Waals surface area contributed by atoms with Crippen LogP contribution in [0, 0.1) is 0 Å². The van der Waals surface area contributed by atoms with Crippen molar-refractivity contribution in [1.82, 2.24) is 0 Å². The highest BCUT2D eigenvalue weighted by atomic mass is 14.7. The first-order chi connectivity index (χ1) is 9.91. The lowest BCUT2D eigenvalue weighted by Crippen LogP contribution is -1.85. The van der Waals surface area contributed by atoms with Gasteiger partial charge in [0.1, 0.15) is 0 Å². The van der Waals surface area contributed by atoms with E-state index < -0.39 is 0 Å². The quantitative estimate of drug-likeness (QED) is 0.214. The Labute approximate surface area is 128 Å². The molecule has 0 saturated carbocycles. The van der Waals surface area contributed by atoms with Gasteiger partial charge in [-0.15, -0.1) is 0 Å². The maximum absolute atomic E-state index is 4.25. The minimum atomic E-state index is 1.04. The predicted molar refractivity (Wildman–Crippen MR) is 94.0 cm³/mol. The van der Waals surface area contributed by atoms with Gasteiger partial charge in [0, 0.05) is 6.54 Å². The molecule has 0 fully saturated rings. The van der Waals surface area contributed by atoms with Crippen LogP contribution in [0.4, 0.5) is 0 Å². The highest BCUT2D eigenvalue weighted by Crippen LogP contribution is 2.13. The number of hydrogen-bond donors (Lipinski definition) is 0. The molecule has 0 saturated heterocycles. The second-order valence-electron chi connectivity index (χ2n) is 6.11. The third-order valence-electron chi connectivity index (χ3n) is 4.07. The number of aliphatic imine (C=N–C) groups is 1. The van der Waals surface area contributed by atoms with E-state index in [0.29, 0.717) is 0 Å². The molecule has 0 rings (SSSR count). The van der Waals surface area contributed by atoms with Crippen LogP contribution in [-0.2, 0) is 0 Å². The van der Waals surface area contributed by atoms with Crippen LogP contribution in [0.25, 0.3) is 0 Å². The third-order valence-corrected chi connectivity index (χ3v) is 4.07. The van der Waals surface area contributed by atoms with Crippen LogP contribution in [0.1, 0.15) is 110 Å². The van der Waals surface area contributed by atoms with Crippen LogP contribution in [0.3, 0.4) is 0 Å². The molecular weight excluding hydrogens is 242 g/mol. The van der Waals surface area contributed by atoms with Crippen molar-refractivity contribution in [2.75, 3.05) is 6.54 Å². The molecule has 0 aliphatic carbocycles. The summed E-state index contributed by atoms with van der Waals surface area (Å²) in [6.07, 6.45) is 23.4. The monoisotopic (exact) mass is 281 g/mol. The summed E-state index contributed by atoms with van der Waals surface area (Å²) in [7, 11) is 0. The van der Waals surface area contributed by atoms with Crippen LogP contribution < -0.4 is 0 Å². The summed E-state index contributed by atoms with van der Waals surface area (Å²) < 4.78 is 0. The average Bonchev–Trinajstić information content (AvgIpc) is 2.47. The highest BCUT2D eigenvalue weighted by Gasteiger charge is 1.93. The summed E-state index contributed by atoms with van der Waals surface area (Å²) in [6, 6.07) is 0. The van der Waals surface area contributed by atoms with E-state index in [9.17, 15) is 0 Å². The molecule has 0 amide bonds. The van der Waals surface area contributed by atoms with E-state index in [-0.39, 0.29) is 0 Å². The van der Waals surface area contributed by atoms with Crippen molar-refractivity contribution in [3.05, 3.63) is 0 Å². The Morgan fingerprint density at radius 1 is 0.550 bits per heavy atom. The number of unbranched alkanes of at least 4 members (excludes halogenated alkanes) is 14. The zero-order valence-electron chi connectivity index (χ0n) is 14.3. The van der Waals surface area contributed by atoms with Crippen LogP contribution in [0.2, 0.25) is 0 Å². The molecule has 0 aromatic carbocycles. The van der Waals surface area contributed by atoms with Gasteiger partial charge in [0.05, 0.1) is 0 Å². The third kappa shape index (κ3) is 17.7.